The van der Waals surface area contributed by atoms with Crippen molar-refractivity contribution < 1.29 is 13.9 Å². The number of ether oxygens (including phenoxy) is 1. The smallest absolute Gasteiger partial charge is 0.317 e. The van der Waals surface area contributed by atoms with Crippen LogP contribution in [0.3, 0.4) is 0 Å². The van der Waals surface area contributed by atoms with Gasteiger partial charge in [-0.1, -0.05) is 36.4 Å². The Kier molecular flexibility index (Phi) is 6.56. The summed E-state index contributed by atoms with van der Waals surface area (Å²) in [6.45, 7) is 3.17. The molecule has 3 aromatic rings. The lowest BCUT2D eigenvalue weighted by atomic mass is 10.1. The zero-order valence-electron chi connectivity index (χ0n) is 19.0. The molecular weight excluding hydrogens is 433 g/mol. The normalized spacial score (nSPS) is 15.6. The van der Waals surface area contributed by atoms with E-state index in [4.69, 9.17) is 14.7 Å². The first-order chi connectivity index (χ1) is 16.7. The first kappa shape index (κ1) is 22.1. The number of rotatable bonds is 5. The highest BCUT2D eigenvalue weighted by Crippen LogP contribution is 2.32. The van der Waals surface area contributed by atoms with E-state index in [1.165, 1.54) is 18.6 Å². The van der Waals surface area contributed by atoms with Crippen molar-refractivity contribution in [2.24, 2.45) is 0 Å². The van der Waals surface area contributed by atoms with E-state index in [9.17, 15) is 9.18 Å². The van der Waals surface area contributed by atoms with E-state index in [0.717, 1.165) is 42.8 Å². The minimum Gasteiger partial charge on any atom is -0.438 e. The summed E-state index contributed by atoms with van der Waals surface area (Å²) in [5, 5.41) is 2.99. The largest absolute Gasteiger partial charge is 0.438 e. The number of hydrogen-bond acceptors (Lipinski definition) is 5. The molecule has 0 spiro atoms. The molecule has 34 heavy (non-hydrogen) atoms. The number of piperidine rings is 1. The Morgan fingerprint density at radius 2 is 1.82 bits per heavy atom. The van der Waals surface area contributed by atoms with Gasteiger partial charge in [-0.05, 0) is 37.0 Å². The van der Waals surface area contributed by atoms with Crippen LogP contribution in [-0.2, 0) is 19.5 Å². The van der Waals surface area contributed by atoms with E-state index < -0.39 is 0 Å². The van der Waals surface area contributed by atoms with E-state index in [1.54, 1.807) is 17.0 Å². The predicted octanol–water partition coefficient (Wildman–Crippen LogP) is 4.67. The van der Waals surface area contributed by atoms with Crippen LogP contribution in [-0.4, -0.2) is 40.5 Å². The van der Waals surface area contributed by atoms with Gasteiger partial charge in [-0.3, -0.25) is 0 Å². The van der Waals surface area contributed by atoms with Gasteiger partial charge in [0.2, 0.25) is 11.8 Å². The highest BCUT2D eigenvalue weighted by molar-refractivity contribution is 5.74. The SMILES string of the molecule is O=C(NCc1ccccc1)N1CCc2nc(N3CCCCC3)nc(Oc3cccc(F)c3)c2C1. The number of anilines is 1. The molecule has 1 aromatic heterocycles. The summed E-state index contributed by atoms with van der Waals surface area (Å²) >= 11 is 0. The van der Waals surface area contributed by atoms with E-state index in [-0.39, 0.29) is 11.8 Å². The maximum absolute atomic E-state index is 13.8. The maximum Gasteiger partial charge on any atom is 0.317 e. The van der Waals surface area contributed by atoms with Crippen molar-refractivity contribution in [1.82, 2.24) is 20.2 Å². The Morgan fingerprint density at radius 3 is 2.62 bits per heavy atom. The van der Waals surface area contributed by atoms with Crippen LogP contribution in [0.4, 0.5) is 15.1 Å². The van der Waals surface area contributed by atoms with Gasteiger partial charge in [0.15, 0.2) is 0 Å². The Bertz CT molecular complexity index is 1150. The molecule has 5 rings (SSSR count). The standard InChI is InChI=1S/C26H28FN5O2/c27-20-10-7-11-21(16-20)34-24-22-18-32(26(33)28-17-19-8-3-1-4-9-19)15-12-23(22)29-25(30-24)31-13-5-2-6-14-31/h1,3-4,7-11,16H,2,5-6,12-15,17-18H2,(H,28,33). The molecule has 2 aliphatic rings. The van der Waals surface area contributed by atoms with Gasteiger partial charge in [-0.25, -0.2) is 14.2 Å². The molecule has 176 valence electrons. The number of hydrogen-bond donors (Lipinski definition) is 1. The summed E-state index contributed by atoms with van der Waals surface area (Å²) in [6.07, 6.45) is 4.03. The Balaban J connectivity index is 1.39. The molecule has 7 nitrogen and oxygen atoms in total. The average molecular weight is 462 g/mol. The Labute approximate surface area is 198 Å². The second-order valence-corrected chi connectivity index (χ2v) is 8.68. The zero-order valence-corrected chi connectivity index (χ0v) is 19.0. The summed E-state index contributed by atoms with van der Waals surface area (Å²) in [5.74, 6) is 1.03. The number of urea groups is 1. The molecule has 3 heterocycles. The van der Waals surface area contributed by atoms with E-state index in [1.807, 2.05) is 30.3 Å². The number of nitrogens with one attached hydrogen (secondary N) is 1. The van der Waals surface area contributed by atoms with Crippen LogP contribution in [0.15, 0.2) is 54.6 Å². The number of benzene rings is 2. The van der Waals surface area contributed by atoms with Crippen molar-refractivity contribution in [2.45, 2.75) is 38.8 Å². The van der Waals surface area contributed by atoms with Gasteiger partial charge in [-0.2, -0.15) is 4.98 Å². The van der Waals surface area contributed by atoms with Crippen LogP contribution in [0.1, 0.15) is 36.1 Å². The number of amides is 2. The molecule has 2 amide bonds. The lowest BCUT2D eigenvalue weighted by Gasteiger charge is -2.32. The van der Waals surface area contributed by atoms with Crippen molar-refractivity contribution in [3.05, 3.63) is 77.2 Å². The molecule has 0 radical (unpaired) electrons. The van der Waals surface area contributed by atoms with E-state index in [0.29, 0.717) is 43.6 Å². The third-order valence-corrected chi connectivity index (χ3v) is 6.23. The molecule has 1 saturated heterocycles. The third kappa shape index (κ3) is 5.11. The van der Waals surface area contributed by atoms with Crippen LogP contribution < -0.4 is 15.0 Å². The highest BCUT2D eigenvalue weighted by Gasteiger charge is 2.28. The number of aromatic nitrogens is 2. The van der Waals surface area contributed by atoms with Gasteiger partial charge in [0, 0.05) is 38.7 Å². The molecule has 1 fully saturated rings. The van der Waals surface area contributed by atoms with Gasteiger partial charge in [0.1, 0.15) is 11.6 Å². The van der Waals surface area contributed by atoms with Crippen LogP contribution in [0.5, 0.6) is 11.6 Å². The van der Waals surface area contributed by atoms with Gasteiger partial charge in [0.05, 0.1) is 17.8 Å². The molecular formula is C26H28FN5O2. The first-order valence-corrected chi connectivity index (χ1v) is 11.8. The number of carbonyl (C=O) groups excluding carboxylic acids is 1. The molecule has 0 bridgehead atoms. The molecule has 0 saturated carbocycles. The number of halogens is 1. The van der Waals surface area contributed by atoms with Crippen LogP contribution in [0.2, 0.25) is 0 Å². The van der Waals surface area contributed by atoms with E-state index >= 15 is 0 Å². The molecule has 2 aromatic carbocycles. The quantitative estimate of drug-likeness (QED) is 0.598. The Morgan fingerprint density at radius 1 is 1.00 bits per heavy atom. The number of nitrogens with zero attached hydrogens (tertiary/aromatic N) is 4. The fraction of sp³-hybridized carbons (Fsp3) is 0.346. The topological polar surface area (TPSA) is 70.6 Å². The Hall–Kier alpha value is -3.68. The van der Waals surface area contributed by atoms with Crippen molar-refractivity contribution in [3.63, 3.8) is 0 Å². The third-order valence-electron chi connectivity index (χ3n) is 6.23. The minimum absolute atomic E-state index is 0.147. The number of carbonyl (C=O) groups is 1. The summed E-state index contributed by atoms with van der Waals surface area (Å²) in [5.41, 5.74) is 2.69. The van der Waals surface area contributed by atoms with Crippen LogP contribution >= 0.6 is 0 Å². The minimum atomic E-state index is -0.376. The summed E-state index contributed by atoms with van der Waals surface area (Å²) < 4.78 is 19.9. The van der Waals surface area contributed by atoms with Crippen molar-refractivity contribution in [2.75, 3.05) is 24.5 Å². The summed E-state index contributed by atoms with van der Waals surface area (Å²) in [6, 6.07) is 15.7. The highest BCUT2D eigenvalue weighted by atomic mass is 19.1. The molecule has 2 aliphatic heterocycles. The summed E-state index contributed by atoms with van der Waals surface area (Å²) in [4.78, 5) is 26.4. The lowest BCUT2D eigenvalue weighted by molar-refractivity contribution is 0.190. The lowest BCUT2D eigenvalue weighted by Crippen LogP contribution is -2.43. The monoisotopic (exact) mass is 461 g/mol. The molecule has 0 aliphatic carbocycles. The van der Waals surface area contributed by atoms with Gasteiger partial charge < -0.3 is 19.9 Å². The van der Waals surface area contributed by atoms with Gasteiger partial charge in [0.25, 0.3) is 0 Å². The van der Waals surface area contributed by atoms with Crippen molar-refractivity contribution in [1.29, 1.82) is 0 Å². The van der Waals surface area contributed by atoms with E-state index in [2.05, 4.69) is 10.2 Å². The van der Waals surface area contributed by atoms with Gasteiger partial charge >= 0.3 is 6.03 Å². The second kappa shape index (κ2) is 10.1. The summed E-state index contributed by atoms with van der Waals surface area (Å²) in [7, 11) is 0. The van der Waals surface area contributed by atoms with Gasteiger partial charge in [-0.15, -0.1) is 0 Å². The fourth-order valence-corrected chi connectivity index (χ4v) is 4.39. The first-order valence-electron chi connectivity index (χ1n) is 11.8. The molecule has 8 heteroatoms. The fourth-order valence-electron chi connectivity index (χ4n) is 4.39. The van der Waals surface area contributed by atoms with Crippen molar-refractivity contribution in [3.8, 4) is 11.6 Å². The number of fused-ring (bicyclic) bond motifs is 1. The predicted molar refractivity (Wildman–Crippen MR) is 127 cm³/mol. The second-order valence-electron chi connectivity index (χ2n) is 8.68. The molecule has 1 N–H and O–H groups in total. The van der Waals surface area contributed by atoms with Crippen LogP contribution in [0.25, 0.3) is 0 Å². The molecule has 0 unspecified atom stereocenters. The van der Waals surface area contributed by atoms with Crippen molar-refractivity contribution >= 4 is 12.0 Å². The maximum atomic E-state index is 13.8. The average Bonchev–Trinajstić information content (AvgIpc) is 2.88. The zero-order chi connectivity index (χ0) is 23.3. The molecule has 0 atom stereocenters. The van der Waals surface area contributed by atoms with Crippen LogP contribution in [0, 0.1) is 5.82 Å².